The van der Waals surface area contributed by atoms with Gasteiger partial charge in [0.25, 0.3) is 0 Å². The van der Waals surface area contributed by atoms with E-state index in [2.05, 4.69) is 10.3 Å². The van der Waals surface area contributed by atoms with E-state index in [1.165, 1.54) is 0 Å². The highest BCUT2D eigenvalue weighted by molar-refractivity contribution is 6.35. The molecule has 128 valence electrons. The van der Waals surface area contributed by atoms with Crippen molar-refractivity contribution in [2.24, 2.45) is 0 Å². The summed E-state index contributed by atoms with van der Waals surface area (Å²) in [6.45, 7) is 1.79. The number of hydrogen-bond donors (Lipinski definition) is 1. The molecule has 1 atom stereocenters. The zero-order valence-electron chi connectivity index (χ0n) is 13.4. The van der Waals surface area contributed by atoms with E-state index in [1.807, 2.05) is 30.3 Å². The third-order valence-electron chi connectivity index (χ3n) is 3.54. The molecular weight excluding hydrogens is 344 g/mol. The molecule has 0 saturated carbocycles. The molecular formula is C18H15ClN2O4. The maximum atomic E-state index is 12.1. The molecule has 3 aromatic rings. The van der Waals surface area contributed by atoms with Crippen molar-refractivity contribution in [3.8, 4) is 0 Å². The summed E-state index contributed by atoms with van der Waals surface area (Å²) < 4.78 is 10.3. The first-order valence-corrected chi connectivity index (χ1v) is 7.99. The van der Waals surface area contributed by atoms with Crippen LogP contribution >= 0.6 is 11.6 Å². The molecule has 0 fully saturated rings. The number of benzene rings is 2. The SMILES string of the molecule is C[C@H](NC(=O)OCc1ccccc1)c1nc2cccc(Cl)c2c(=O)o1. The van der Waals surface area contributed by atoms with Crippen LogP contribution < -0.4 is 10.9 Å². The summed E-state index contributed by atoms with van der Waals surface area (Å²) >= 11 is 5.99. The van der Waals surface area contributed by atoms with Gasteiger partial charge in [-0.2, -0.15) is 0 Å². The Bertz CT molecular complexity index is 956. The van der Waals surface area contributed by atoms with Crippen LogP contribution in [0.25, 0.3) is 10.9 Å². The fourth-order valence-corrected chi connectivity index (χ4v) is 2.53. The van der Waals surface area contributed by atoms with Gasteiger partial charge in [-0.1, -0.05) is 48.0 Å². The number of rotatable bonds is 4. The zero-order chi connectivity index (χ0) is 17.8. The molecule has 0 unspecified atom stereocenters. The van der Waals surface area contributed by atoms with Crippen LogP contribution in [0.3, 0.4) is 0 Å². The summed E-state index contributed by atoms with van der Waals surface area (Å²) in [6.07, 6.45) is -0.632. The Hall–Kier alpha value is -2.86. The van der Waals surface area contributed by atoms with Crippen molar-refractivity contribution in [2.45, 2.75) is 19.6 Å². The topological polar surface area (TPSA) is 81.4 Å². The Kier molecular flexibility index (Phi) is 5.00. The highest BCUT2D eigenvalue weighted by Crippen LogP contribution is 2.20. The lowest BCUT2D eigenvalue weighted by atomic mass is 10.2. The van der Waals surface area contributed by atoms with Gasteiger partial charge in [0.15, 0.2) is 0 Å². The molecule has 1 amide bonds. The van der Waals surface area contributed by atoms with Gasteiger partial charge in [0, 0.05) is 0 Å². The monoisotopic (exact) mass is 358 g/mol. The molecule has 0 aliphatic heterocycles. The fraction of sp³-hybridized carbons (Fsp3) is 0.167. The van der Waals surface area contributed by atoms with Gasteiger partial charge >= 0.3 is 11.7 Å². The Morgan fingerprint density at radius 2 is 2.00 bits per heavy atom. The van der Waals surface area contributed by atoms with E-state index in [9.17, 15) is 9.59 Å². The van der Waals surface area contributed by atoms with Crippen molar-refractivity contribution in [1.82, 2.24) is 10.3 Å². The van der Waals surface area contributed by atoms with Gasteiger partial charge in [-0.05, 0) is 24.6 Å². The van der Waals surface area contributed by atoms with Crippen LogP contribution in [-0.4, -0.2) is 11.1 Å². The van der Waals surface area contributed by atoms with E-state index in [0.717, 1.165) is 5.56 Å². The molecule has 0 aliphatic rings. The second-order valence-corrected chi connectivity index (χ2v) is 5.81. The number of halogens is 1. The Labute approximate surface area is 148 Å². The number of nitrogens with zero attached hydrogens (tertiary/aromatic N) is 1. The van der Waals surface area contributed by atoms with Crippen molar-refractivity contribution in [3.63, 3.8) is 0 Å². The molecule has 0 radical (unpaired) electrons. The van der Waals surface area contributed by atoms with Crippen LogP contribution in [0.2, 0.25) is 5.02 Å². The largest absolute Gasteiger partial charge is 0.445 e. The Morgan fingerprint density at radius 1 is 1.24 bits per heavy atom. The normalized spacial score (nSPS) is 11.9. The fourth-order valence-electron chi connectivity index (χ4n) is 2.28. The van der Waals surface area contributed by atoms with Crippen LogP contribution in [0.4, 0.5) is 4.79 Å². The minimum absolute atomic E-state index is 0.0800. The quantitative estimate of drug-likeness (QED) is 0.766. The van der Waals surface area contributed by atoms with Gasteiger partial charge in [-0.3, -0.25) is 0 Å². The van der Waals surface area contributed by atoms with Crippen LogP contribution in [-0.2, 0) is 11.3 Å². The second-order valence-electron chi connectivity index (χ2n) is 5.40. The van der Waals surface area contributed by atoms with Gasteiger partial charge in [0.2, 0.25) is 5.89 Å². The van der Waals surface area contributed by atoms with E-state index < -0.39 is 17.8 Å². The van der Waals surface area contributed by atoms with Crippen molar-refractivity contribution < 1.29 is 13.9 Å². The average Bonchev–Trinajstić information content (AvgIpc) is 2.60. The van der Waals surface area contributed by atoms with E-state index >= 15 is 0 Å². The van der Waals surface area contributed by atoms with Gasteiger partial charge in [-0.15, -0.1) is 0 Å². The summed E-state index contributed by atoms with van der Waals surface area (Å²) in [6, 6.07) is 13.6. The van der Waals surface area contributed by atoms with Crippen molar-refractivity contribution >= 4 is 28.6 Å². The van der Waals surface area contributed by atoms with Gasteiger partial charge in [0.05, 0.1) is 10.5 Å². The third kappa shape index (κ3) is 3.97. The maximum absolute atomic E-state index is 12.1. The van der Waals surface area contributed by atoms with Crippen LogP contribution in [0.15, 0.2) is 57.7 Å². The van der Waals surface area contributed by atoms with E-state index in [-0.39, 0.29) is 22.9 Å². The van der Waals surface area contributed by atoms with Crippen LogP contribution in [0, 0.1) is 0 Å². The summed E-state index contributed by atoms with van der Waals surface area (Å²) in [5.41, 5.74) is 0.678. The molecule has 0 saturated heterocycles. The van der Waals surface area contributed by atoms with Crippen molar-refractivity contribution in [2.75, 3.05) is 0 Å². The van der Waals surface area contributed by atoms with Crippen molar-refractivity contribution in [3.05, 3.63) is 75.4 Å². The van der Waals surface area contributed by atoms with E-state index in [4.69, 9.17) is 20.8 Å². The molecule has 7 heteroatoms. The number of carbonyl (C=O) groups is 1. The van der Waals surface area contributed by atoms with Crippen LogP contribution in [0.1, 0.15) is 24.4 Å². The van der Waals surface area contributed by atoms with Crippen molar-refractivity contribution in [1.29, 1.82) is 0 Å². The molecule has 25 heavy (non-hydrogen) atoms. The number of amides is 1. The van der Waals surface area contributed by atoms with E-state index in [1.54, 1.807) is 25.1 Å². The molecule has 0 spiro atoms. The molecule has 3 rings (SSSR count). The molecule has 2 aromatic carbocycles. The first-order valence-electron chi connectivity index (χ1n) is 7.61. The summed E-state index contributed by atoms with van der Waals surface area (Å²) in [5.74, 6) is 0.0800. The minimum atomic E-state index is -0.639. The number of hydrogen-bond acceptors (Lipinski definition) is 5. The molecule has 6 nitrogen and oxygen atoms in total. The number of alkyl carbamates (subject to hydrolysis) is 1. The minimum Gasteiger partial charge on any atom is -0.445 e. The summed E-state index contributed by atoms with van der Waals surface area (Å²) in [7, 11) is 0. The average molecular weight is 359 g/mol. The molecule has 0 bridgehead atoms. The summed E-state index contributed by atoms with van der Waals surface area (Å²) in [5, 5.41) is 3.07. The number of ether oxygens (including phenoxy) is 1. The molecule has 1 N–H and O–H groups in total. The Morgan fingerprint density at radius 3 is 2.76 bits per heavy atom. The standard InChI is InChI=1S/C18H15ClN2O4/c1-11(20-18(23)24-10-12-6-3-2-4-7-12)16-21-14-9-5-8-13(19)15(14)17(22)25-16/h2-9,11H,10H2,1H3,(H,20,23)/t11-/m0/s1. The smallest absolute Gasteiger partial charge is 0.408 e. The summed E-state index contributed by atoms with van der Waals surface area (Å²) in [4.78, 5) is 28.2. The molecule has 1 heterocycles. The van der Waals surface area contributed by atoms with Gasteiger partial charge in [0.1, 0.15) is 18.0 Å². The maximum Gasteiger partial charge on any atom is 0.408 e. The number of aromatic nitrogens is 1. The van der Waals surface area contributed by atoms with Gasteiger partial charge < -0.3 is 14.5 Å². The zero-order valence-corrected chi connectivity index (χ0v) is 14.1. The highest BCUT2D eigenvalue weighted by Gasteiger charge is 2.17. The number of nitrogens with one attached hydrogen (secondary N) is 1. The predicted octanol–water partition coefficient (Wildman–Crippen LogP) is 3.83. The second kappa shape index (κ2) is 7.36. The molecule has 0 aliphatic carbocycles. The Balaban J connectivity index is 1.70. The van der Waals surface area contributed by atoms with Crippen LogP contribution in [0.5, 0.6) is 0 Å². The van der Waals surface area contributed by atoms with E-state index in [0.29, 0.717) is 5.52 Å². The van der Waals surface area contributed by atoms with Gasteiger partial charge in [-0.25, -0.2) is 14.6 Å². The first kappa shape index (κ1) is 17.0. The first-order chi connectivity index (χ1) is 12.0. The number of fused-ring (bicyclic) bond motifs is 1. The number of carbonyl (C=O) groups excluding carboxylic acids is 1. The lowest BCUT2D eigenvalue weighted by Gasteiger charge is -2.13. The highest BCUT2D eigenvalue weighted by atomic mass is 35.5. The third-order valence-corrected chi connectivity index (χ3v) is 3.86. The predicted molar refractivity (Wildman–Crippen MR) is 93.5 cm³/mol. The molecule has 1 aromatic heterocycles. The lowest BCUT2D eigenvalue weighted by molar-refractivity contribution is 0.134. The lowest BCUT2D eigenvalue weighted by Crippen LogP contribution is -2.28.